The highest BCUT2D eigenvalue weighted by Crippen LogP contribution is 2.21. The van der Waals surface area contributed by atoms with Crippen molar-refractivity contribution in [2.24, 2.45) is 0 Å². The van der Waals surface area contributed by atoms with E-state index < -0.39 is 0 Å². The summed E-state index contributed by atoms with van der Waals surface area (Å²) in [5.41, 5.74) is 3.29. The molecule has 1 atom stereocenters. The van der Waals surface area contributed by atoms with Crippen molar-refractivity contribution in [1.29, 1.82) is 0 Å². The molecule has 2 rings (SSSR count). The summed E-state index contributed by atoms with van der Waals surface area (Å²) in [5.74, 6) is 0. The normalized spacial score (nSPS) is 12.6. The number of hydrogen-bond donors (Lipinski definition) is 1. The van der Waals surface area contributed by atoms with E-state index in [1.54, 1.807) is 0 Å². The Balaban J connectivity index is 2.31. The van der Waals surface area contributed by atoms with E-state index in [1.165, 1.54) is 0 Å². The number of aryl methyl sites for hydroxylation is 2. The van der Waals surface area contributed by atoms with Gasteiger partial charge in [-0.1, -0.05) is 25.1 Å². The molecule has 2 aromatic heterocycles. The highest BCUT2D eigenvalue weighted by molar-refractivity contribution is 5.25. The van der Waals surface area contributed by atoms with Crippen LogP contribution in [-0.4, -0.2) is 26.5 Å². The molecule has 1 N–H and O–H groups in total. The quantitative estimate of drug-likeness (QED) is 0.842. The Morgan fingerprint density at radius 3 is 2.70 bits per heavy atom. The first-order valence-electron chi connectivity index (χ1n) is 7.30. The molecule has 0 saturated carbocycles. The van der Waals surface area contributed by atoms with E-state index in [0.29, 0.717) is 0 Å². The summed E-state index contributed by atoms with van der Waals surface area (Å²) in [6, 6.07) is 4.27. The second-order valence-electron chi connectivity index (χ2n) is 5.00. The van der Waals surface area contributed by atoms with Gasteiger partial charge in [-0.3, -0.25) is 4.98 Å². The molecular formula is C15H23N5. The Hall–Kier alpha value is -1.75. The van der Waals surface area contributed by atoms with E-state index in [9.17, 15) is 0 Å². The fourth-order valence-electron chi connectivity index (χ4n) is 2.21. The zero-order valence-corrected chi connectivity index (χ0v) is 12.5. The summed E-state index contributed by atoms with van der Waals surface area (Å²) in [6.45, 7) is 8.16. The van der Waals surface area contributed by atoms with Crippen molar-refractivity contribution in [3.05, 3.63) is 41.5 Å². The monoisotopic (exact) mass is 273 g/mol. The minimum atomic E-state index is 0.101. The van der Waals surface area contributed by atoms with Crippen molar-refractivity contribution in [1.82, 2.24) is 25.3 Å². The first-order valence-corrected chi connectivity index (χ1v) is 7.30. The number of pyridine rings is 1. The molecule has 0 aliphatic carbocycles. The lowest BCUT2D eigenvalue weighted by atomic mass is 10.1. The van der Waals surface area contributed by atoms with Gasteiger partial charge < -0.3 is 5.32 Å². The summed E-state index contributed by atoms with van der Waals surface area (Å²) >= 11 is 0. The van der Waals surface area contributed by atoms with Crippen LogP contribution in [0.4, 0.5) is 0 Å². The molecule has 0 radical (unpaired) electrons. The number of nitrogens with one attached hydrogen (secondary N) is 1. The molecule has 0 bridgehead atoms. The van der Waals surface area contributed by atoms with Crippen LogP contribution in [0.2, 0.25) is 0 Å². The van der Waals surface area contributed by atoms with E-state index in [4.69, 9.17) is 0 Å². The zero-order valence-electron chi connectivity index (χ0n) is 12.5. The summed E-state index contributed by atoms with van der Waals surface area (Å²) in [6.07, 6.45) is 5.92. The lowest BCUT2D eigenvalue weighted by Crippen LogP contribution is -2.26. The van der Waals surface area contributed by atoms with E-state index >= 15 is 0 Å². The van der Waals surface area contributed by atoms with Crippen LogP contribution in [0.15, 0.2) is 24.5 Å². The maximum Gasteiger partial charge on any atom is 0.0802 e. The van der Waals surface area contributed by atoms with Crippen molar-refractivity contribution in [2.75, 3.05) is 6.54 Å². The highest BCUT2D eigenvalue weighted by atomic mass is 15.4. The van der Waals surface area contributed by atoms with E-state index in [-0.39, 0.29) is 6.04 Å². The molecule has 0 saturated heterocycles. The molecule has 0 fully saturated rings. The standard InChI is InChI=1S/C15H23N5/c1-4-8-16-15(13-7-6-12(3)17-10-13)14-11-18-19-20(14)9-5-2/h6-7,10-11,15-16H,4-5,8-9H2,1-3H3. The lowest BCUT2D eigenvalue weighted by Gasteiger charge is -2.19. The predicted octanol–water partition coefficient (Wildman–Crippen LogP) is 2.48. The molecule has 0 aromatic carbocycles. The number of aromatic nitrogens is 4. The van der Waals surface area contributed by atoms with Crippen LogP contribution < -0.4 is 5.32 Å². The maximum absolute atomic E-state index is 4.40. The van der Waals surface area contributed by atoms with E-state index in [2.05, 4.69) is 40.5 Å². The molecule has 2 heterocycles. The van der Waals surface area contributed by atoms with E-state index in [1.807, 2.05) is 30.1 Å². The Bertz CT molecular complexity index is 517. The highest BCUT2D eigenvalue weighted by Gasteiger charge is 2.18. The maximum atomic E-state index is 4.40. The Morgan fingerprint density at radius 2 is 2.05 bits per heavy atom. The minimum Gasteiger partial charge on any atom is -0.305 e. The third-order valence-electron chi connectivity index (χ3n) is 3.24. The van der Waals surface area contributed by atoms with Gasteiger partial charge >= 0.3 is 0 Å². The molecule has 108 valence electrons. The van der Waals surface area contributed by atoms with Crippen LogP contribution in [0.5, 0.6) is 0 Å². The summed E-state index contributed by atoms with van der Waals surface area (Å²) in [7, 11) is 0. The second kappa shape index (κ2) is 7.14. The van der Waals surface area contributed by atoms with Crippen molar-refractivity contribution in [3.8, 4) is 0 Å². The smallest absolute Gasteiger partial charge is 0.0802 e. The van der Waals surface area contributed by atoms with Gasteiger partial charge in [0.25, 0.3) is 0 Å². The third kappa shape index (κ3) is 3.42. The molecule has 0 spiro atoms. The summed E-state index contributed by atoms with van der Waals surface area (Å²) < 4.78 is 1.98. The fraction of sp³-hybridized carbons (Fsp3) is 0.533. The number of nitrogens with zero attached hydrogens (tertiary/aromatic N) is 4. The fourth-order valence-corrected chi connectivity index (χ4v) is 2.21. The first-order chi connectivity index (χ1) is 9.76. The van der Waals surface area contributed by atoms with Crippen LogP contribution in [0.25, 0.3) is 0 Å². The van der Waals surface area contributed by atoms with Gasteiger partial charge in [-0.15, -0.1) is 5.10 Å². The molecule has 1 unspecified atom stereocenters. The lowest BCUT2D eigenvalue weighted by molar-refractivity contribution is 0.503. The second-order valence-corrected chi connectivity index (χ2v) is 5.00. The van der Waals surface area contributed by atoms with Crippen molar-refractivity contribution in [3.63, 3.8) is 0 Å². The van der Waals surface area contributed by atoms with Crippen molar-refractivity contribution < 1.29 is 0 Å². The average molecular weight is 273 g/mol. The largest absolute Gasteiger partial charge is 0.305 e. The van der Waals surface area contributed by atoms with Gasteiger partial charge in [0.05, 0.1) is 17.9 Å². The molecular weight excluding hydrogens is 250 g/mol. The molecule has 0 aliphatic rings. The summed E-state index contributed by atoms with van der Waals surface area (Å²) in [5, 5.41) is 11.8. The van der Waals surface area contributed by atoms with Crippen LogP contribution in [-0.2, 0) is 6.54 Å². The van der Waals surface area contributed by atoms with Gasteiger partial charge in [0.1, 0.15) is 0 Å². The minimum absolute atomic E-state index is 0.101. The van der Waals surface area contributed by atoms with Crippen LogP contribution >= 0.6 is 0 Å². The van der Waals surface area contributed by atoms with Gasteiger partial charge in [-0.2, -0.15) is 0 Å². The Labute approximate surface area is 120 Å². The van der Waals surface area contributed by atoms with Crippen LogP contribution in [0.1, 0.15) is 49.7 Å². The molecule has 0 aliphatic heterocycles. The van der Waals surface area contributed by atoms with Crippen LogP contribution in [0, 0.1) is 6.92 Å². The van der Waals surface area contributed by atoms with Crippen LogP contribution in [0.3, 0.4) is 0 Å². The molecule has 0 amide bonds. The van der Waals surface area contributed by atoms with Gasteiger partial charge in [-0.05, 0) is 37.9 Å². The van der Waals surface area contributed by atoms with E-state index in [0.717, 1.165) is 42.9 Å². The van der Waals surface area contributed by atoms with Gasteiger partial charge in [-0.25, -0.2) is 4.68 Å². The number of hydrogen-bond acceptors (Lipinski definition) is 4. The third-order valence-corrected chi connectivity index (χ3v) is 3.24. The van der Waals surface area contributed by atoms with Crippen molar-refractivity contribution >= 4 is 0 Å². The Morgan fingerprint density at radius 1 is 1.20 bits per heavy atom. The van der Waals surface area contributed by atoms with Gasteiger partial charge in [0.15, 0.2) is 0 Å². The average Bonchev–Trinajstić information content (AvgIpc) is 2.90. The predicted molar refractivity (Wildman–Crippen MR) is 79.4 cm³/mol. The first kappa shape index (κ1) is 14.7. The topological polar surface area (TPSA) is 55.6 Å². The van der Waals surface area contributed by atoms with Gasteiger partial charge in [0, 0.05) is 18.4 Å². The summed E-state index contributed by atoms with van der Waals surface area (Å²) in [4.78, 5) is 4.40. The van der Waals surface area contributed by atoms with Gasteiger partial charge in [0.2, 0.25) is 0 Å². The molecule has 5 heteroatoms. The molecule has 5 nitrogen and oxygen atoms in total. The Kier molecular flexibility index (Phi) is 5.24. The SMILES string of the molecule is CCCNC(c1ccc(C)nc1)c1cnnn1CCC. The van der Waals surface area contributed by atoms with Crippen molar-refractivity contribution in [2.45, 2.75) is 46.2 Å². The number of rotatable bonds is 7. The zero-order chi connectivity index (χ0) is 14.4. The molecule has 20 heavy (non-hydrogen) atoms. The molecule has 2 aromatic rings.